The van der Waals surface area contributed by atoms with Gasteiger partial charge in [-0.1, -0.05) is 25.3 Å². The van der Waals surface area contributed by atoms with E-state index in [1.165, 1.54) is 81.5 Å². The minimum Gasteiger partial charge on any atom is -0.296 e. The smallest absolute Gasteiger partial charge is 0.0543 e. The van der Waals surface area contributed by atoms with Crippen molar-refractivity contribution in [2.75, 3.05) is 19.6 Å². The van der Waals surface area contributed by atoms with Gasteiger partial charge < -0.3 is 0 Å². The summed E-state index contributed by atoms with van der Waals surface area (Å²) in [6.45, 7) is 5.68. The number of aromatic nitrogens is 3. The van der Waals surface area contributed by atoms with Crippen LogP contribution in [0.2, 0.25) is 0 Å². The molecular formula is C23H33N5. The molecule has 28 heavy (non-hydrogen) atoms. The topological polar surface area (TPSA) is 48.0 Å². The van der Waals surface area contributed by atoms with Gasteiger partial charge in [0.25, 0.3) is 0 Å². The van der Waals surface area contributed by atoms with Crippen molar-refractivity contribution < 1.29 is 0 Å². The number of pyridine rings is 1. The maximum absolute atomic E-state index is 4.55. The first-order valence-corrected chi connectivity index (χ1v) is 11.2. The van der Waals surface area contributed by atoms with E-state index in [9.17, 15) is 0 Å². The Morgan fingerprint density at radius 1 is 0.964 bits per heavy atom. The van der Waals surface area contributed by atoms with Crippen molar-refractivity contribution in [3.05, 3.63) is 47.5 Å². The van der Waals surface area contributed by atoms with Gasteiger partial charge in [0.1, 0.15) is 0 Å². The quantitative estimate of drug-likeness (QED) is 0.855. The Kier molecular flexibility index (Phi) is 5.45. The molecule has 0 spiro atoms. The summed E-state index contributed by atoms with van der Waals surface area (Å²) in [5, 5.41) is 7.82. The van der Waals surface area contributed by atoms with Gasteiger partial charge in [-0.3, -0.25) is 19.9 Å². The minimum absolute atomic E-state index is 0.663. The molecule has 0 radical (unpaired) electrons. The van der Waals surface area contributed by atoms with E-state index >= 15 is 0 Å². The van der Waals surface area contributed by atoms with E-state index in [1.807, 2.05) is 12.3 Å². The van der Waals surface area contributed by atoms with Gasteiger partial charge in [-0.25, -0.2) is 0 Å². The molecule has 2 atom stereocenters. The summed E-state index contributed by atoms with van der Waals surface area (Å²) in [6.07, 6.45) is 13.6. The number of hydrogen-bond donors (Lipinski definition) is 1. The molecule has 2 aromatic rings. The molecule has 3 aliphatic heterocycles. The lowest BCUT2D eigenvalue weighted by atomic mass is 9.85. The van der Waals surface area contributed by atoms with E-state index in [0.29, 0.717) is 12.0 Å². The Balaban J connectivity index is 1.27. The monoisotopic (exact) mass is 379 g/mol. The van der Waals surface area contributed by atoms with Crippen LogP contribution in [0.3, 0.4) is 0 Å². The highest BCUT2D eigenvalue weighted by Gasteiger charge is 2.35. The molecule has 1 N–H and O–H groups in total. The molecule has 2 bridgehead atoms. The zero-order valence-corrected chi connectivity index (χ0v) is 16.9. The van der Waals surface area contributed by atoms with E-state index in [2.05, 4.69) is 43.3 Å². The second-order valence-electron chi connectivity index (χ2n) is 9.19. The van der Waals surface area contributed by atoms with Gasteiger partial charge in [-0.05, 0) is 43.7 Å². The van der Waals surface area contributed by atoms with Crippen LogP contribution in [-0.4, -0.2) is 50.7 Å². The van der Waals surface area contributed by atoms with Crippen molar-refractivity contribution in [2.24, 2.45) is 5.92 Å². The van der Waals surface area contributed by atoms with E-state index in [4.69, 9.17) is 0 Å². The normalized spacial score (nSPS) is 27.1. The lowest BCUT2D eigenvalue weighted by Gasteiger charge is -2.36. The standard InChI is InChI=1S/C23H33N5/c1-2-6-19(7-3-1)23-20(12-25-26-23)15-28-14-18-9-10-22(28)17-27(13-18)16-21-8-4-5-11-24-21/h4-5,8,11-12,18-19,22H,1-3,6-7,9-10,13-17H2,(H,25,26)/t18-,22+/m0/s1. The fourth-order valence-corrected chi connectivity index (χ4v) is 5.73. The van der Waals surface area contributed by atoms with E-state index in [0.717, 1.165) is 19.0 Å². The number of aromatic amines is 1. The van der Waals surface area contributed by atoms with Gasteiger partial charge in [0, 0.05) is 62.1 Å². The lowest BCUT2D eigenvalue weighted by molar-refractivity contribution is 0.122. The van der Waals surface area contributed by atoms with Crippen molar-refractivity contribution in [2.45, 2.75) is 70.0 Å². The summed E-state index contributed by atoms with van der Waals surface area (Å²) in [5.41, 5.74) is 4.09. The number of fused-ring (bicyclic) bond motifs is 4. The van der Waals surface area contributed by atoms with E-state index in [-0.39, 0.29) is 0 Å². The van der Waals surface area contributed by atoms with Crippen molar-refractivity contribution in [3.63, 3.8) is 0 Å². The molecule has 1 aliphatic carbocycles. The lowest BCUT2D eigenvalue weighted by Crippen LogP contribution is -2.43. The van der Waals surface area contributed by atoms with Gasteiger partial charge >= 0.3 is 0 Å². The molecule has 2 aromatic heterocycles. The zero-order chi connectivity index (χ0) is 18.8. The van der Waals surface area contributed by atoms with Crippen LogP contribution in [0.25, 0.3) is 0 Å². The average Bonchev–Trinajstić information content (AvgIpc) is 3.02. The summed E-state index contributed by atoms with van der Waals surface area (Å²) in [5.74, 6) is 1.49. The number of rotatable bonds is 5. The summed E-state index contributed by atoms with van der Waals surface area (Å²) >= 11 is 0. The van der Waals surface area contributed by atoms with Crippen molar-refractivity contribution in [3.8, 4) is 0 Å². The molecule has 0 amide bonds. The Labute approximate surface area is 168 Å². The second kappa shape index (κ2) is 8.34. The van der Waals surface area contributed by atoms with Crippen LogP contribution >= 0.6 is 0 Å². The minimum atomic E-state index is 0.663. The van der Waals surface area contributed by atoms with Crippen molar-refractivity contribution >= 4 is 0 Å². The number of nitrogens with one attached hydrogen (secondary N) is 1. The summed E-state index contributed by atoms with van der Waals surface area (Å²) in [4.78, 5) is 9.94. The average molecular weight is 380 g/mol. The first-order chi connectivity index (χ1) is 13.8. The van der Waals surface area contributed by atoms with E-state index < -0.39 is 0 Å². The van der Waals surface area contributed by atoms with Crippen LogP contribution in [0.1, 0.15) is 67.8 Å². The largest absolute Gasteiger partial charge is 0.296 e. The number of H-pyrrole nitrogens is 1. The van der Waals surface area contributed by atoms with Crippen molar-refractivity contribution in [1.82, 2.24) is 25.0 Å². The molecule has 1 saturated carbocycles. The molecule has 150 valence electrons. The summed E-state index contributed by atoms with van der Waals surface area (Å²) < 4.78 is 0. The van der Waals surface area contributed by atoms with Crippen LogP contribution in [-0.2, 0) is 13.1 Å². The maximum atomic E-state index is 4.55. The number of hydrogen-bond acceptors (Lipinski definition) is 4. The third-order valence-electron chi connectivity index (χ3n) is 7.15. The second-order valence-corrected chi connectivity index (χ2v) is 9.19. The maximum Gasteiger partial charge on any atom is 0.0543 e. The Hall–Kier alpha value is -1.72. The highest BCUT2D eigenvalue weighted by atomic mass is 15.3. The predicted molar refractivity (Wildman–Crippen MR) is 111 cm³/mol. The third-order valence-corrected chi connectivity index (χ3v) is 7.15. The SMILES string of the molecule is c1ccc(CN2C[C@@H]3CC[C@H](C2)N(Cc2cn[nH]c2C2CCCCC2)C3)nc1. The molecule has 5 nitrogen and oxygen atoms in total. The van der Waals surface area contributed by atoms with Crippen LogP contribution in [0.15, 0.2) is 30.6 Å². The summed E-state index contributed by atoms with van der Waals surface area (Å²) in [6, 6.07) is 6.93. The van der Waals surface area contributed by atoms with Crippen LogP contribution < -0.4 is 0 Å². The van der Waals surface area contributed by atoms with Crippen LogP contribution in [0.4, 0.5) is 0 Å². The predicted octanol–water partition coefficient (Wildman–Crippen LogP) is 3.95. The van der Waals surface area contributed by atoms with E-state index in [1.54, 1.807) is 0 Å². The molecular weight excluding hydrogens is 346 g/mol. The Bertz CT molecular complexity index is 751. The van der Waals surface area contributed by atoms with Crippen molar-refractivity contribution in [1.29, 1.82) is 0 Å². The van der Waals surface area contributed by atoms with Crippen LogP contribution in [0.5, 0.6) is 0 Å². The highest BCUT2D eigenvalue weighted by molar-refractivity contribution is 5.21. The molecule has 5 heterocycles. The Morgan fingerprint density at radius 3 is 2.75 bits per heavy atom. The number of piperidine rings is 1. The van der Waals surface area contributed by atoms with Crippen LogP contribution in [0, 0.1) is 5.92 Å². The Morgan fingerprint density at radius 2 is 1.89 bits per heavy atom. The zero-order valence-electron chi connectivity index (χ0n) is 16.9. The molecule has 4 fully saturated rings. The molecule has 0 unspecified atom stereocenters. The fourth-order valence-electron chi connectivity index (χ4n) is 5.73. The van der Waals surface area contributed by atoms with Gasteiger partial charge in [-0.2, -0.15) is 5.10 Å². The first-order valence-electron chi connectivity index (χ1n) is 11.2. The van der Waals surface area contributed by atoms with Gasteiger partial charge in [0.05, 0.1) is 11.9 Å². The van der Waals surface area contributed by atoms with Gasteiger partial charge in [-0.15, -0.1) is 0 Å². The molecule has 6 rings (SSSR count). The number of nitrogens with zero attached hydrogens (tertiary/aromatic N) is 4. The third kappa shape index (κ3) is 4.01. The molecule has 0 aromatic carbocycles. The summed E-state index contributed by atoms with van der Waals surface area (Å²) in [7, 11) is 0. The molecule has 5 heteroatoms. The molecule has 4 aliphatic rings. The molecule has 3 saturated heterocycles. The van der Waals surface area contributed by atoms with Gasteiger partial charge in [0.15, 0.2) is 0 Å². The first kappa shape index (κ1) is 18.3. The highest BCUT2D eigenvalue weighted by Crippen LogP contribution is 2.35. The fraction of sp³-hybridized carbons (Fsp3) is 0.652. The van der Waals surface area contributed by atoms with Gasteiger partial charge in [0.2, 0.25) is 0 Å².